The minimum Gasteiger partial charge on any atom is -0.139 e. The third-order valence-electron chi connectivity index (χ3n) is 1.92. The molecule has 72 valence electrons. The fourth-order valence-electron chi connectivity index (χ4n) is 1.22. The molecule has 3 heteroatoms. The van der Waals surface area contributed by atoms with Crippen LogP contribution in [0.3, 0.4) is 0 Å². The molecule has 1 heterocycles. The van der Waals surface area contributed by atoms with Gasteiger partial charge in [-0.1, -0.05) is 28.1 Å². The number of rotatable bonds is 2. The number of thiophene rings is 1. The van der Waals surface area contributed by atoms with E-state index in [9.17, 15) is 0 Å². The SMILES string of the molecule is BrCc1ccc(-c2ccc(I)cc2)s1. The van der Waals surface area contributed by atoms with Crippen LogP contribution in [0.4, 0.5) is 0 Å². The van der Waals surface area contributed by atoms with Crippen molar-refractivity contribution in [3.8, 4) is 10.4 Å². The van der Waals surface area contributed by atoms with Gasteiger partial charge in [0, 0.05) is 18.7 Å². The normalized spacial score (nSPS) is 10.4. The van der Waals surface area contributed by atoms with E-state index in [4.69, 9.17) is 0 Å². The van der Waals surface area contributed by atoms with Gasteiger partial charge in [-0.15, -0.1) is 11.3 Å². The molecule has 1 aromatic carbocycles. The van der Waals surface area contributed by atoms with Crippen molar-refractivity contribution in [1.82, 2.24) is 0 Å². The molecule has 0 aliphatic rings. The molecule has 14 heavy (non-hydrogen) atoms. The van der Waals surface area contributed by atoms with Gasteiger partial charge in [-0.25, -0.2) is 0 Å². The van der Waals surface area contributed by atoms with Crippen molar-refractivity contribution in [1.29, 1.82) is 0 Å². The van der Waals surface area contributed by atoms with Crippen molar-refractivity contribution in [2.45, 2.75) is 5.33 Å². The summed E-state index contributed by atoms with van der Waals surface area (Å²) in [6.45, 7) is 0. The summed E-state index contributed by atoms with van der Waals surface area (Å²) in [7, 11) is 0. The standard InChI is InChI=1S/C11H8BrIS/c12-7-10-5-6-11(14-10)8-1-3-9(13)4-2-8/h1-6H,7H2. The Morgan fingerprint density at radius 1 is 1.07 bits per heavy atom. The minimum atomic E-state index is 0.946. The topological polar surface area (TPSA) is 0 Å². The van der Waals surface area contributed by atoms with Crippen LogP contribution in [-0.4, -0.2) is 0 Å². The van der Waals surface area contributed by atoms with E-state index in [2.05, 4.69) is 74.9 Å². The summed E-state index contributed by atoms with van der Waals surface area (Å²) in [5, 5.41) is 0.946. The number of hydrogen-bond donors (Lipinski definition) is 0. The average molecular weight is 379 g/mol. The van der Waals surface area contributed by atoms with Crippen LogP contribution in [0.5, 0.6) is 0 Å². The van der Waals surface area contributed by atoms with Gasteiger partial charge in [-0.3, -0.25) is 0 Å². The van der Waals surface area contributed by atoms with E-state index in [1.54, 1.807) is 0 Å². The summed E-state index contributed by atoms with van der Waals surface area (Å²) in [5.74, 6) is 0. The minimum absolute atomic E-state index is 0.946. The van der Waals surface area contributed by atoms with Crippen LogP contribution < -0.4 is 0 Å². The zero-order valence-electron chi connectivity index (χ0n) is 7.34. The van der Waals surface area contributed by atoms with Crippen molar-refractivity contribution >= 4 is 49.9 Å². The Morgan fingerprint density at radius 3 is 2.36 bits per heavy atom. The Hall–Kier alpha value is 0.130. The first-order valence-corrected chi connectivity index (χ1v) is 7.22. The molecule has 0 saturated heterocycles. The van der Waals surface area contributed by atoms with Gasteiger partial charge < -0.3 is 0 Å². The van der Waals surface area contributed by atoms with Gasteiger partial charge in [0.1, 0.15) is 0 Å². The fraction of sp³-hybridized carbons (Fsp3) is 0.0909. The molecule has 0 amide bonds. The predicted molar refractivity (Wildman–Crippen MR) is 75.1 cm³/mol. The lowest BCUT2D eigenvalue weighted by atomic mass is 10.2. The van der Waals surface area contributed by atoms with Gasteiger partial charge in [-0.05, 0) is 52.4 Å². The Labute approximate surface area is 110 Å². The molecule has 0 bridgehead atoms. The second-order valence-corrected chi connectivity index (χ2v) is 5.88. The lowest BCUT2D eigenvalue weighted by Crippen LogP contribution is -1.72. The van der Waals surface area contributed by atoms with Gasteiger partial charge in [0.05, 0.1) is 0 Å². The Kier molecular flexibility index (Phi) is 3.62. The molecule has 0 N–H and O–H groups in total. The number of benzene rings is 1. The Morgan fingerprint density at radius 2 is 1.79 bits per heavy atom. The fourth-order valence-corrected chi connectivity index (χ4v) is 2.97. The largest absolute Gasteiger partial charge is 0.139 e. The monoisotopic (exact) mass is 378 g/mol. The van der Waals surface area contributed by atoms with Gasteiger partial charge in [-0.2, -0.15) is 0 Å². The Bertz CT molecular complexity index is 419. The van der Waals surface area contributed by atoms with Crippen LogP contribution in [0.15, 0.2) is 36.4 Å². The summed E-state index contributed by atoms with van der Waals surface area (Å²) in [5.41, 5.74) is 1.31. The number of hydrogen-bond acceptors (Lipinski definition) is 1. The molecule has 1 aromatic heterocycles. The van der Waals surface area contributed by atoms with E-state index in [1.165, 1.54) is 18.9 Å². The molecule has 2 aromatic rings. The summed E-state index contributed by atoms with van der Waals surface area (Å²) < 4.78 is 1.28. The van der Waals surface area contributed by atoms with Gasteiger partial charge in [0.2, 0.25) is 0 Å². The first-order valence-electron chi connectivity index (χ1n) is 4.20. The van der Waals surface area contributed by atoms with E-state index in [-0.39, 0.29) is 0 Å². The molecule has 0 radical (unpaired) electrons. The highest BCUT2D eigenvalue weighted by Gasteiger charge is 2.01. The van der Waals surface area contributed by atoms with Crippen molar-refractivity contribution in [3.63, 3.8) is 0 Å². The van der Waals surface area contributed by atoms with E-state index in [1.807, 2.05) is 11.3 Å². The summed E-state index contributed by atoms with van der Waals surface area (Å²) in [6, 6.07) is 13.0. The zero-order valence-corrected chi connectivity index (χ0v) is 11.9. The van der Waals surface area contributed by atoms with Crippen LogP contribution in [0, 0.1) is 3.57 Å². The highest BCUT2D eigenvalue weighted by atomic mass is 127. The second kappa shape index (κ2) is 4.77. The molecule has 0 saturated carbocycles. The maximum atomic E-state index is 3.46. The molecule has 0 aliphatic carbocycles. The van der Waals surface area contributed by atoms with Crippen molar-refractivity contribution in [2.24, 2.45) is 0 Å². The maximum Gasteiger partial charge on any atom is 0.0377 e. The Balaban J connectivity index is 2.34. The average Bonchev–Trinajstić information content (AvgIpc) is 2.67. The number of alkyl halides is 1. The third-order valence-corrected chi connectivity index (χ3v) is 4.75. The highest BCUT2D eigenvalue weighted by Crippen LogP contribution is 2.29. The molecule has 0 aliphatic heterocycles. The molecular weight excluding hydrogens is 371 g/mol. The first kappa shape index (κ1) is 10.6. The van der Waals surface area contributed by atoms with E-state index in [0.717, 1.165) is 5.33 Å². The van der Waals surface area contributed by atoms with Crippen LogP contribution in [-0.2, 0) is 5.33 Å². The zero-order chi connectivity index (χ0) is 9.97. The number of halogens is 2. The van der Waals surface area contributed by atoms with E-state index < -0.39 is 0 Å². The van der Waals surface area contributed by atoms with Crippen molar-refractivity contribution in [3.05, 3.63) is 44.8 Å². The molecule has 2 rings (SSSR count). The lowest BCUT2D eigenvalue weighted by Gasteiger charge is -1.96. The molecule has 0 unspecified atom stereocenters. The molecule has 0 spiro atoms. The van der Waals surface area contributed by atoms with E-state index >= 15 is 0 Å². The molecule has 0 atom stereocenters. The van der Waals surface area contributed by atoms with Crippen LogP contribution in [0.1, 0.15) is 4.88 Å². The van der Waals surface area contributed by atoms with E-state index in [0.29, 0.717) is 0 Å². The van der Waals surface area contributed by atoms with Crippen LogP contribution >= 0.6 is 49.9 Å². The lowest BCUT2D eigenvalue weighted by molar-refractivity contribution is 1.58. The van der Waals surface area contributed by atoms with Gasteiger partial charge >= 0.3 is 0 Å². The quantitative estimate of drug-likeness (QED) is 0.514. The molecular formula is C11H8BrIS. The predicted octanol–water partition coefficient (Wildman–Crippen LogP) is 4.91. The van der Waals surface area contributed by atoms with Crippen molar-refractivity contribution in [2.75, 3.05) is 0 Å². The summed E-state index contributed by atoms with van der Waals surface area (Å²) in [4.78, 5) is 2.72. The van der Waals surface area contributed by atoms with Crippen molar-refractivity contribution < 1.29 is 0 Å². The van der Waals surface area contributed by atoms with Crippen LogP contribution in [0.25, 0.3) is 10.4 Å². The molecule has 0 nitrogen and oxygen atoms in total. The second-order valence-electron chi connectivity index (χ2n) is 2.91. The third kappa shape index (κ3) is 2.38. The highest BCUT2D eigenvalue weighted by molar-refractivity contribution is 14.1. The van der Waals surface area contributed by atoms with Gasteiger partial charge in [0.25, 0.3) is 0 Å². The van der Waals surface area contributed by atoms with Gasteiger partial charge in [0.15, 0.2) is 0 Å². The summed E-state index contributed by atoms with van der Waals surface area (Å²) in [6.07, 6.45) is 0. The summed E-state index contributed by atoms with van der Waals surface area (Å²) >= 11 is 7.63. The smallest absolute Gasteiger partial charge is 0.0377 e. The molecule has 0 fully saturated rings. The maximum absolute atomic E-state index is 3.46. The first-order chi connectivity index (χ1) is 6.79. The van der Waals surface area contributed by atoms with Crippen LogP contribution in [0.2, 0.25) is 0 Å².